The highest BCUT2D eigenvalue weighted by Crippen LogP contribution is 2.29. The van der Waals surface area contributed by atoms with Crippen molar-refractivity contribution < 1.29 is 18.1 Å². The van der Waals surface area contributed by atoms with Crippen molar-refractivity contribution >= 4 is 32.4 Å². The van der Waals surface area contributed by atoms with Gasteiger partial charge in [0.2, 0.25) is 15.9 Å². The SMILES string of the molecule is Cc1ccc([N+](=O)[O-])cc1S(=O)(=O)N1CCC(C(=O)N(C)Cc2ccc3ccccc3c2)CC1. The van der Waals surface area contributed by atoms with Crippen molar-refractivity contribution in [2.24, 2.45) is 5.92 Å². The fraction of sp³-hybridized carbons (Fsp3) is 0.320. The topological polar surface area (TPSA) is 101 Å². The Morgan fingerprint density at radius 2 is 1.74 bits per heavy atom. The summed E-state index contributed by atoms with van der Waals surface area (Å²) in [6.45, 7) is 2.50. The highest BCUT2D eigenvalue weighted by atomic mass is 32.2. The van der Waals surface area contributed by atoms with Gasteiger partial charge in [0.25, 0.3) is 5.69 Å². The van der Waals surface area contributed by atoms with Crippen LogP contribution in [0.1, 0.15) is 24.0 Å². The normalized spacial score (nSPS) is 15.4. The smallest absolute Gasteiger partial charge is 0.270 e. The summed E-state index contributed by atoms with van der Waals surface area (Å²) in [7, 11) is -2.11. The molecule has 1 aliphatic heterocycles. The molecule has 1 amide bonds. The first kappa shape index (κ1) is 23.8. The van der Waals surface area contributed by atoms with Crippen LogP contribution < -0.4 is 0 Å². The van der Waals surface area contributed by atoms with Crippen LogP contribution in [0.4, 0.5) is 5.69 Å². The maximum Gasteiger partial charge on any atom is 0.270 e. The second-order valence-electron chi connectivity index (χ2n) is 8.76. The Morgan fingerprint density at radius 3 is 2.41 bits per heavy atom. The minimum Gasteiger partial charge on any atom is -0.341 e. The van der Waals surface area contributed by atoms with E-state index in [4.69, 9.17) is 0 Å². The molecule has 1 fully saturated rings. The van der Waals surface area contributed by atoms with Crippen molar-refractivity contribution in [2.45, 2.75) is 31.2 Å². The third kappa shape index (κ3) is 4.80. The molecule has 1 saturated heterocycles. The summed E-state index contributed by atoms with van der Waals surface area (Å²) in [6, 6.07) is 18.1. The van der Waals surface area contributed by atoms with Gasteiger partial charge in [0.15, 0.2) is 0 Å². The number of nitrogens with zero attached hydrogens (tertiary/aromatic N) is 3. The average Bonchev–Trinajstić information content (AvgIpc) is 2.83. The molecule has 0 saturated carbocycles. The van der Waals surface area contributed by atoms with Gasteiger partial charge in [-0.1, -0.05) is 42.5 Å². The third-order valence-electron chi connectivity index (χ3n) is 6.41. The summed E-state index contributed by atoms with van der Waals surface area (Å²) < 4.78 is 27.6. The van der Waals surface area contributed by atoms with Gasteiger partial charge in [-0.2, -0.15) is 4.31 Å². The van der Waals surface area contributed by atoms with Gasteiger partial charge in [-0.15, -0.1) is 0 Å². The van der Waals surface area contributed by atoms with Crippen molar-refractivity contribution in [3.05, 3.63) is 81.9 Å². The first-order valence-electron chi connectivity index (χ1n) is 11.1. The van der Waals surface area contributed by atoms with Gasteiger partial charge in [0.1, 0.15) is 0 Å². The number of nitro benzene ring substituents is 1. The number of nitro groups is 1. The number of benzene rings is 3. The Labute approximate surface area is 199 Å². The number of sulfonamides is 1. The summed E-state index contributed by atoms with van der Waals surface area (Å²) in [5.74, 6) is -0.264. The molecule has 1 aliphatic rings. The summed E-state index contributed by atoms with van der Waals surface area (Å²) in [4.78, 5) is 25.2. The van der Waals surface area contributed by atoms with E-state index in [1.54, 1.807) is 18.9 Å². The lowest BCUT2D eigenvalue weighted by atomic mass is 9.96. The number of aryl methyl sites for hydroxylation is 1. The number of hydrogen-bond acceptors (Lipinski definition) is 5. The largest absolute Gasteiger partial charge is 0.341 e. The lowest BCUT2D eigenvalue weighted by molar-refractivity contribution is -0.385. The van der Waals surface area contributed by atoms with Gasteiger partial charge < -0.3 is 4.90 Å². The van der Waals surface area contributed by atoms with E-state index < -0.39 is 14.9 Å². The zero-order chi connectivity index (χ0) is 24.5. The molecule has 4 rings (SSSR count). The van der Waals surface area contributed by atoms with E-state index in [-0.39, 0.29) is 35.5 Å². The molecule has 0 atom stereocenters. The van der Waals surface area contributed by atoms with Crippen LogP contribution in [0.2, 0.25) is 0 Å². The molecule has 3 aromatic rings. The molecule has 0 N–H and O–H groups in total. The zero-order valence-electron chi connectivity index (χ0n) is 19.2. The monoisotopic (exact) mass is 481 g/mol. The number of fused-ring (bicyclic) bond motifs is 1. The number of hydrogen-bond donors (Lipinski definition) is 0. The van der Waals surface area contributed by atoms with Crippen molar-refractivity contribution in [3.63, 3.8) is 0 Å². The maximum absolute atomic E-state index is 13.1. The molecule has 0 radical (unpaired) electrons. The van der Waals surface area contributed by atoms with Gasteiger partial charge in [0.05, 0.1) is 9.82 Å². The number of piperidine rings is 1. The second-order valence-corrected chi connectivity index (χ2v) is 10.7. The van der Waals surface area contributed by atoms with Crippen molar-refractivity contribution in [3.8, 4) is 0 Å². The standard InChI is InChI=1S/C25H27N3O5S/c1-18-7-10-23(28(30)31)16-24(18)34(32,33)27-13-11-21(12-14-27)25(29)26(2)17-19-8-9-20-5-3-4-6-22(20)15-19/h3-10,15-16,21H,11-14,17H2,1-2H3. The molecule has 178 valence electrons. The maximum atomic E-state index is 13.1. The molecule has 9 heteroatoms. The van der Waals surface area contributed by atoms with Crippen LogP contribution in [0.3, 0.4) is 0 Å². The van der Waals surface area contributed by atoms with E-state index >= 15 is 0 Å². The third-order valence-corrected chi connectivity index (χ3v) is 8.45. The van der Waals surface area contributed by atoms with E-state index in [0.717, 1.165) is 22.4 Å². The molecule has 0 aliphatic carbocycles. The molecule has 0 bridgehead atoms. The highest BCUT2D eigenvalue weighted by molar-refractivity contribution is 7.89. The highest BCUT2D eigenvalue weighted by Gasteiger charge is 2.34. The van der Waals surface area contributed by atoms with Gasteiger partial charge in [-0.25, -0.2) is 8.42 Å². The summed E-state index contributed by atoms with van der Waals surface area (Å²) in [5.41, 5.74) is 1.24. The number of carbonyl (C=O) groups is 1. The van der Waals surface area contributed by atoms with Gasteiger partial charge in [0, 0.05) is 44.7 Å². The molecule has 0 aromatic heterocycles. The lowest BCUT2D eigenvalue weighted by Gasteiger charge is -2.32. The van der Waals surface area contributed by atoms with Gasteiger partial charge >= 0.3 is 0 Å². The Bertz CT molecular complexity index is 1350. The van der Waals surface area contributed by atoms with Crippen LogP contribution in [-0.4, -0.2) is 48.6 Å². The van der Waals surface area contributed by atoms with Crippen LogP contribution in [0, 0.1) is 23.0 Å². The van der Waals surface area contributed by atoms with Crippen molar-refractivity contribution in [2.75, 3.05) is 20.1 Å². The van der Waals surface area contributed by atoms with Crippen LogP contribution in [0.25, 0.3) is 10.8 Å². The Balaban J connectivity index is 1.41. The molecule has 8 nitrogen and oxygen atoms in total. The predicted octanol–water partition coefficient (Wildman–Crippen LogP) is 4.12. The van der Waals surface area contributed by atoms with Crippen LogP contribution in [-0.2, 0) is 21.4 Å². The Hall–Kier alpha value is -3.30. The molecule has 0 unspecified atom stereocenters. The fourth-order valence-electron chi connectivity index (χ4n) is 4.46. The second kappa shape index (κ2) is 9.52. The Kier molecular flexibility index (Phi) is 6.67. The number of rotatable bonds is 6. The van der Waals surface area contributed by atoms with Gasteiger partial charge in [-0.05, 0) is 47.7 Å². The number of amides is 1. The predicted molar refractivity (Wildman–Crippen MR) is 130 cm³/mol. The first-order chi connectivity index (χ1) is 16.2. The summed E-state index contributed by atoms with van der Waals surface area (Å²) >= 11 is 0. The molecule has 34 heavy (non-hydrogen) atoms. The number of non-ortho nitro benzene ring substituents is 1. The van der Waals surface area contributed by atoms with Crippen LogP contribution in [0.5, 0.6) is 0 Å². The molecule has 1 heterocycles. The fourth-order valence-corrected chi connectivity index (χ4v) is 6.18. The lowest BCUT2D eigenvalue weighted by Crippen LogP contribution is -2.43. The summed E-state index contributed by atoms with van der Waals surface area (Å²) in [5, 5.41) is 13.4. The number of carbonyl (C=O) groups excluding carboxylic acids is 1. The molecule has 0 spiro atoms. The Morgan fingerprint density at radius 1 is 1.06 bits per heavy atom. The van der Waals surface area contributed by atoms with Crippen molar-refractivity contribution in [1.29, 1.82) is 0 Å². The van der Waals surface area contributed by atoms with E-state index in [1.165, 1.54) is 16.4 Å². The van der Waals surface area contributed by atoms with E-state index in [9.17, 15) is 23.3 Å². The molecular weight excluding hydrogens is 454 g/mol. The van der Waals surface area contributed by atoms with Crippen molar-refractivity contribution in [1.82, 2.24) is 9.21 Å². The zero-order valence-corrected chi connectivity index (χ0v) is 20.0. The average molecular weight is 482 g/mol. The molecule has 3 aromatic carbocycles. The van der Waals surface area contributed by atoms with Crippen LogP contribution in [0.15, 0.2) is 65.6 Å². The molecular formula is C25H27N3O5S. The minimum atomic E-state index is -3.88. The first-order valence-corrected chi connectivity index (χ1v) is 12.6. The van der Waals surface area contributed by atoms with E-state index in [1.807, 2.05) is 36.4 Å². The van der Waals surface area contributed by atoms with E-state index in [0.29, 0.717) is 24.9 Å². The minimum absolute atomic E-state index is 0.00302. The quantitative estimate of drug-likeness (QED) is 0.389. The van der Waals surface area contributed by atoms with E-state index in [2.05, 4.69) is 6.07 Å². The summed E-state index contributed by atoms with van der Waals surface area (Å²) in [6.07, 6.45) is 0.822. The van der Waals surface area contributed by atoms with Crippen LogP contribution >= 0.6 is 0 Å². The van der Waals surface area contributed by atoms with Gasteiger partial charge in [-0.3, -0.25) is 14.9 Å².